The predicted molar refractivity (Wildman–Crippen MR) is 48.3 cm³/mol. The van der Waals surface area contributed by atoms with Crippen molar-refractivity contribution in [3.63, 3.8) is 0 Å². The second kappa shape index (κ2) is 2.00. The summed E-state index contributed by atoms with van der Waals surface area (Å²) in [6.45, 7) is 8.86. The van der Waals surface area contributed by atoms with Gasteiger partial charge in [0, 0.05) is 0 Å². The van der Waals surface area contributed by atoms with Crippen molar-refractivity contribution >= 4 is 0 Å². The number of fused-ring (bicyclic) bond motifs is 2. The van der Waals surface area contributed by atoms with Crippen LogP contribution in [0, 0.1) is 17.3 Å². The molecule has 0 unspecified atom stereocenters. The second-order valence-corrected chi connectivity index (χ2v) is 4.52. The zero-order valence-electron chi connectivity index (χ0n) is 7.43. The smallest absolute Gasteiger partial charge is 0.0111 e. The third-order valence-corrected chi connectivity index (χ3v) is 3.67. The first-order valence-corrected chi connectivity index (χ1v) is 4.47. The maximum Gasteiger partial charge on any atom is -0.0111 e. The van der Waals surface area contributed by atoms with Gasteiger partial charge in [-0.3, -0.25) is 0 Å². The highest BCUT2D eigenvalue weighted by atomic mass is 14.5. The molecule has 0 aromatic rings. The molecule has 0 heteroatoms. The van der Waals surface area contributed by atoms with Crippen molar-refractivity contribution in [1.82, 2.24) is 0 Å². The van der Waals surface area contributed by atoms with Crippen LogP contribution < -0.4 is 0 Å². The molecule has 0 heterocycles. The van der Waals surface area contributed by atoms with Crippen molar-refractivity contribution in [2.45, 2.75) is 26.7 Å². The first-order valence-electron chi connectivity index (χ1n) is 4.47. The van der Waals surface area contributed by atoms with Crippen LogP contribution in [0.4, 0.5) is 0 Å². The molecule has 3 aliphatic rings. The average molecular weight is 148 g/mol. The van der Waals surface area contributed by atoms with Gasteiger partial charge in [-0.2, -0.15) is 0 Å². The third-order valence-electron chi connectivity index (χ3n) is 3.67. The van der Waals surface area contributed by atoms with E-state index in [0.29, 0.717) is 5.41 Å². The Balaban J connectivity index is 2.30. The van der Waals surface area contributed by atoms with Gasteiger partial charge in [-0.25, -0.2) is 0 Å². The summed E-state index contributed by atoms with van der Waals surface area (Å²) >= 11 is 0. The Labute approximate surface area is 69.0 Å². The fourth-order valence-electron chi connectivity index (χ4n) is 2.55. The van der Waals surface area contributed by atoms with Gasteiger partial charge >= 0.3 is 0 Å². The Kier molecular flexibility index (Phi) is 1.30. The normalized spacial score (nSPS) is 39.6. The minimum Gasteiger partial charge on any atom is -0.0955 e. The molecule has 0 radical (unpaired) electrons. The molecular weight excluding hydrogens is 132 g/mol. The minimum absolute atomic E-state index is 0.528. The molecule has 0 aliphatic heterocycles. The zero-order valence-corrected chi connectivity index (χ0v) is 7.43. The van der Waals surface area contributed by atoms with Crippen molar-refractivity contribution in [1.29, 1.82) is 0 Å². The van der Waals surface area contributed by atoms with Crippen LogP contribution in [0.1, 0.15) is 26.7 Å². The van der Waals surface area contributed by atoms with Crippen molar-refractivity contribution in [2.24, 2.45) is 17.3 Å². The largest absolute Gasteiger partial charge is 0.0955 e. The molecule has 60 valence electrons. The lowest BCUT2D eigenvalue weighted by molar-refractivity contribution is 0.0125. The van der Waals surface area contributed by atoms with E-state index in [-0.39, 0.29) is 0 Å². The fourth-order valence-corrected chi connectivity index (χ4v) is 2.55. The number of hydrogen-bond acceptors (Lipinski definition) is 0. The van der Waals surface area contributed by atoms with E-state index in [2.05, 4.69) is 32.6 Å². The van der Waals surface area contributed by atoms with Crippen LogP contribution in [0.3, 0.4) is 0 Å². The highest BCUT2D eigenvalue weighted by Crippen LogP contribution is 2.57. The molecule has 0 N–H and O–H groups in total. The van der Waals surface area contributed by atoms with E-state index < -0.39 is 0 Å². The second-order valence-electron chi connectivity index (χ2n) is 4.52. The van der Waals surface area contributed by atoms with Gasteiger partial charge in [0.2, 0.25) is 0 Å². The van der Waals surface area contributed by atoms with Gasteiger partial charge in [0.05, 0.1) is 0 Å². The summed E-state index contributed by atoms with van der Waals surface area (Å²) in [6, 6.07) is 0. The SMILES string of the molecule is C=C1C=CC[C@H]2C[C@H]1C2(C)C. The van der Waals surface area contributed by atoms with Crippen molar-refractivity contribution < 1.29 is 0 Å². The minimum atomic E-state index is 0.528. The van der Waals surface area contributed by atoms with E-state index in [9.17, 15) is 0 Å². The summed E-state index contributed by atoms with van der Waals surface area (Å²) in [7, 11) is 0. The lowest BCUT2D eigenvalue weighted by Crippen LogP contribution is -2.44. The molecule has 0 aromatic carbocycles. The van der Waals surface area contributed by atoms with Gasteiger partial charge in [0.1, 0.15) is 0 Å². The molecule has 1 saturated carbocycles. The first kappa shape index (κ1) is 7.15. The Morgan fingerprint density at radius 2 is 2.27 bits per heavy atom. The van der Waals surface area contributed by atoms with Crippen LogP contribution in [-0.4, -0.2) is 0 Å². The van der Waals surface area contributed by atoms with Gasteiger partial charge in [-0.15, -0.1) is 0 Å². The van der Waals surface area contributed by atoms with E-state index in [0.717, 1.165) is 11.8 Å². The maximum absolute atomic E-state index is 4.10. The highest BCUT2D eigenvalue weighted by Gasteiger charge is 2.48. The Morgan fingerprint density at radius 1 is 1.55 bits per heavy atom. The standard InChI is InChI=1S/C11H16/c1-8-5-4-6-9-7-10(8)11(9,2)3/h4-5,9-10H,1,6-7H2,2-3H3/t9-,10+/m0/s1. The van der Waals surface area contributed by atoms with Gasteiger partial charge in [0.15, 0.2) is 0 Å². The number of hydrogen-bond donors (Lipinski definition) is 0. The average Bonchev–Trinajstić information content (AvgIpc) is 2.17. The van der Waals surface area contributed by atoms with E-state index in [1.807, 2.05) is 0 Å². The van der Waals surface area contributed by atoms with Crippen LogP contribution in [0.15, 0.2) is 24.3 Å². The predicted octanol–water partition coefficient (Wildman–Crippen LogP) is 3.16. The van der Waals surface area contributed by atoms with Crippen LogP contribution in [-0.2, 0) is 0 Å². The summed E-state index contributed by atoms with van der Waals surface area (Å²) < 4.78 is 0. The molecule has 3 rings (SSSR count). The molecule has 0 saturated heterocycles. The zero-order chi connectivity index (χ0) is 8.06. The molecule has 2 bridgehead atoms. The third kappa shape index (κ3) is 0.817. The summed E-state index contributed by atoms with van der Waals surface area (Å²) in [6.07, 6.45) is 7.16. The maximum atomic E-state index is 4.10. The summed E-state index contributed by atoms with van der Waals surface area (Å²) in [5.41, 5.74) is 1.88. The van der Waals surface area contributed by atoms with E-state index in [4.69, 9.17) is 0 Å². The molecule has 1 fully saturated rings. The lowest BCUT2D eigenvalue weighted by atomic mass is 9.53. The van der Waals surface area contributed by atoms with E-state index in [1.165, 1.54) is 18.4 Å². The van der Waals surface area contributed by atoms with Gasteiger partial charge < -0.3 is 0 Å². The molecular formula is C11H16. The summed E-state index contributed by atoms with van der Waals surface area (Å²) in [5.74, 6) is 1.69. The molecule has 0 aromatic heterocycles. The lowest BCUT2D eigenvalue weighted by Gasteiger charge is -2.51. The molecule has 3 aliphatic carbocycles. The molecule has 0 nitrogen and oxygen atoms in total. The quantitative estimate of drug-likeness (QED) is 0.495. The van der Waals surface area contributed by atoms with Crippen molar-refractivity contribution in [2.75, 3.05) is 0 Å². The van der Waals surface area contributed by atoms with E-state index >= 15 is 0 Å². The van der Waals surface area contributed by atoms with Crippen molar-refractivity contribution in [3.8, 4) is 0 Å². The van der Waals surface area contributed by atoms with Crippen LogP contribution >= 0.6 is 0 Å². The molecule has 0 spiro atoms. The first-order chi connectivity index (χ1) is 5.12. The van der Waals surface area contributed by atoms with E-state index in [1.54, 1.807) is 0 Å². The Hall–Kier alpha value is -0.520. The molecule has 2 atom stereocenters. The number of rotatable bonds is 0. The monoisotopic (exact) mass is 148 g/mol. The topological polar surface area (TPSA) is 0 Å². The van der Waals surface area contributed by atoms with Gasteiger partial charge in [-0.05, 0) is 30.1 Å². The van der Waals surface area contributed by atoms with Gasteiger partial charge in [-0.1, -0.05) is 38.2 Å². The van der Waals surface area contributed by atoms with Crippen LogP contribution in [0.2, 0.25) is 0 Å². The summed E-state index contributed by atoms with van der Waals surface area (Å²) in [5, 5.41) is 0. The molecule has 0 amide bonds. The number of allylic oxidation sites excluding steroid dienone is 3. The van der Waals surface area contributed by atoms with Crippen LogP contribution in [0.25, 0.3) is 0 Å². The Bertz CT molecular complexity index is 220. The summed E-state index contributed by atoms with van der Waals surface area (Å²) in [4.78, 5) is 0. The van der Waals surface area contributed by atoms with Crippen molar-refractivity contribution in [3.05, 3.63) is 24.3 Å². The Morgan fingerprint density at radius 3 is 2.91 bits per heavy atom. The molecule has 11 heavy (non-hydrogen) atoms. The van der Waals surface area contributed by atoms with Gasteiger partial charge in [0.25, 0.3) is 0 Å². The highest BCUT2D eigenvalue weighted by molar-refractivity contribution is 5.27. The van der Waals surface area contributed by atoms with Crippen LogP contribution in [0.5, 0.6) is 0 Å². The fraction of sp³-hybridized carbons (Fsp3) is 0.636.